The molecule has 1 aromatic heterocycles. The summed E-state index contributed by atoms with van der Waals surface area (Å²) < 4.78 is 1.95. The molecule has 0 radical (unpaired) electrons. The van der Waals surface area contributed by atoms with E-state index in [9.17, 15) is 0 Å². The molecule has 1 fully saturated rings. The molecule has 1 unspecified atom stereocenters. The first kappa shape index (κ1) is 12.4. The van der Waals surface area contributed by atoms with Gasteiger partial charge in [0.05, 0.1) is 5.69 Å². The predicted octanol–water partition coefficient (Wildman–Crippen LogP) is 3.47. The number of benzene rings is 1. The Hall–Kier alpha value is -1.61. The van der Waals surface area contributed by atoms with Crippen molar-refractivity contribution in [2.75, 3.05) is 0 Å². The Morgan fingerprint density at radius 3 is 2.74 bits per heavy atom. The van der Waals surface area contributed by atoms with E-state index in [2.05, 4.69) is 41.6 Å². The van der Waals surface area contributed by atoms with Crippen LogP contribution in [0.3, 0.4) is 0 Å². The molecule has 1 aliphatic rings. The molecule has 3 nitrogen and oxygen atoms in total. The van der Waals surface area contributed by atoms with Crippen molar-refractivity contribution < 1.29 is 0 Å². The summed E-state index contributed by atoms with van der Waals surface area (Å²) in [6, 6.07) is 11.5. The van der Waals surface area contributed by atoms with Gasteiger partial charge in [0.1, 0.15) is 0 Å². The van der Waals surface area contributed by atoms with E-state index < -0.39 is 0 Å². The van der Waals surface area contributed by atoms with Crippen LogP contribution in [-0.4, -0.2) is 15.8 Å². The van der Waals surface area contributed by atoms with Gasteiger partial charge in [-0.1, -0.05) is 31.0 Å². The topological polar surface area (TPSA) is 29.9 Å². The largest absolute Gasteiger partial charge is 0.307 e. The van der Waals surface area contributed by atoms with Crippen LogP contribution in [0.15, 0.2) is 42.7 Å². The van der Waals surface area contributed by atoms with Gasteiger partial charge < -0.3 is 5.32 Å². The van der Waals surface area contributed by atoms with Crippen molar-refractivity contribution >= 4 is 0 Å². The standard InChI is InChI=1S/C16H21N3/c1-13(18-14-7-2-3-8-14)15-9-4-5-10-16(15)19-12-6-11-17-19/h4-6,9-14,18H,2-3,7-8H2,1H3. The fourth-order valence-corrected chi connectivity index (χ4v) is 3.01. The summed E-state index contributed by atoms with van der Waals surface area (Å²) in [5, 5.41) is 8.11. The summed E-state index contributed by atoms with van der Waals surface area (Å²) in [5.41, 5.74) is 2.49. The van der Waals surface area contributed by atoms with E-state index >= 15 is 0 Å². The number of nitrogens with zero attached hydrogens (tertiary/aromatic N) is 2. The van der Waals surface area contributed by atoms with Crippen molar-refractivity contribution in [1.29, 1.82) is 0 Å². The second-order valence-corrected chi connectivity index (χ2v) is 5.38. The number of rotatable bonds is 4. The van der Waals surface area contributed by atoms with E-state index in [-0.39, 0.29) is 0 Å². The molecule has 1 aromatic carbocycles. The fraction of sp³-hybridized carbons (Fsp3) is 0.438. The monoisotopic (exact) mass is 255 g/mol. The maximum atomic E-state index is 4.35. The Kier molecular flexibility index (Phi) is 3.65. The normalized spacial score (nSPS) is 17.7. The lowest BCUT2D eigenvalue weighted by atomic mass is 10.0. The van der Waals surface area contributed by atoms with Gasteiger partial charge in [0.15, 0.2) is 0 Å². The summed E-state index contributed by atoms with van der Waals surface area (Å²) in [5.74, 6) is 0. The van der Waals surface area contributed by atoms with Crippen LogP contribution in [0.5, 0.6) is 0 Å². The van der Waals surface area contributed by atoms with Crippen LogP contribution >= 0.6 is 0 Å². The molecule has 1 atom stereocenters. The van der Waals surface area contributed by atoms with Crippen molar-refractivity contribution in [2.45, 2.75) is 44.7 Å². The van der Waals surface area contributed by atoms with Crippen molar-refractivity contribution in [2.24, 2.45) is 0 Å². The fourth-order valence-electron chi connectivity index (χ4n) is 3.01. The van der Waals surface area contributed by atoms with Gasteiger partial charge in [-0.15, -0.1) is 0 Å². The molecule has 0 bridgehead atoms. The average molecular weight is 255 g/mol. The Morgan fingerprint density at radius 2 is 2.00 bits per heavy atom. The SMILES string of the molecule is CC(NC1CCCC1)c1ccccc1-n1cccn1. The number of aromatic nitrogens is 2. The Labute approximate surface area is 114 Å². The van der Waals surface area contributed by atoms with Crippen LogP contribution in [0, 0.1) is 0 Å². The third-order valence-corrected chi connectivity index (χ3v) is 4.00. The van der Waals surface area contributed by atoms with Crippen molar-refractivity contribution in [1.82, 2.24) is 15.1 Å². The first-order valence-corrected chi connectivity index (χ1v) is 7.19. The third kappa shape index (κ3) is 2.71. The zero-order valence-electron chi connectivity index (χ0n) is 11.4. The van der Waals surface area contributed by atoms with Gasteiger partial charge in [0, 0.05) is 24.5 Å². The van der Waals surface area contributed by atoms with Gasteiger partial charge in [0.2, 0.25) is 0 Å². The van der Waals surface area contributed by atoms with Crippen molar-refractivity contribution in [3.8, 4) is 5.69 Å². The highest BCUT2D eigenvalue weighted by Crippen LogP contribution is 2.25. The number of hydrogen-bond donors (Lipinski definition) is 1. The highest BCUT2D eigenvalue weighted by molar-refractivity contribution is 5.42. The van der Waals surface area contributed by atoms with E-state index in [0.717, 1.165) is 0 Å². The molecule has 0 amide bonds. The Morgan fingerprint density at radius 1 is 1.21 bits per heavy atom. The lowest BCUT2D eigenvalue weighted by Gasteiger charge is -2.22. The van der Waals surface area contributed by atoms with Crippen molar-refractivity contribution in [3.63, 3.8) is 0 Å². The number of hydrogen-bond acceptors (Lipinski definition) is 2. The predicted molar refractivity (Wildman–Crippen MR) is 77.4 cm³/mol. The van der Waals surface area contributed by atoms with Gasteiger partial charge in [-0.2, -0.15) is 5.10 Å². The minimum Gasteiger partial charge on any atom is -0.307 e. The average Bonchev–Trinajstić information content (AvgIpc) is 3.11. The molecule has 3 heteroatoms. The summed E-state index contributed by atoms with van der Waals surface area (Å²) >= 11 is 0. The highest BCUT2D eigenvalue weighted by Gasteiger charge is 2.19. The minimum atomic E-state index is 0.364. The van der Waals surface area contributed by atoms with Gasteiger partial charge in [-0.3, -0.25) is 0 Å². The minimum absolute atomic E-state index is 0.364. The zero-order valence-corrected chi connectivity index (χ0v) is 11.4. The molecule has 2 aromatic rings. The molecule has 19 heavy (non-hydrogen) atoms. The summed E-state index contributed by atoms with van der Waals surface area (Å²) in [7, 11) is 0. The molecule has 1 N–H and O–H groups in total. The Bertz CT molecular complexity index is 513. The maximum absolute atomic E-state index is 4.35. The van der Waals surface area contributed by atoms with Gasteiger partial charge in [-0.25, -0.2) is 4.68 Å². The summed E-state index contributed by atoms with van der Waals surface area (Å²) in [4.78, 5) is 0. The van der Waals surface area contributed by atoms with Gasteiger partial charge in [-0.05, 0) is 37.5 Å². The molecule has 0 spiro atoms. The lowest BCUT2D eigenvalue weighted by molar-refractivity contribution is 0.460. The second-order valence-electron chi connectivity index (χ2n) is 5.38. The van der Waals surface area contributed by atoms with Gasteiger partial charge >= 0.3 is 0 Å². The number of para-hydroxylation sites is 1. The molecular weight excluding hydrogens is 234 g/mol. The van der Waals surface area contributed by atoms with Gasteiger partial charge in [0.25, 0.3) is 0 Å². The Balaban J connectivity index is 1.83. The van der Waals surface area contributed by atoms with E-state index in [1.54, 1.807) is 0 Å². The van der Waals surface area contributed by atoms with Crippen LogP contribution in [0.25, 0.3) is 5.69 Å². The van der Waals surface area contributed by atoms with Crippen LogP contribution < -0.4 is 5.32 Å². The van der Waals surface area contributed by atoms with E-state index in [1.165, 1.54) is 36.9 Å². The van der Waals surface area contributed by atoms with E-state index in [1.807, 2.05) is 23.1 Å². The second kappa shape index (κ2) is 5.57. The first-order valence-electron chi connectivity index (χ1n) is 7.19. The van der Waals surface area contributed by atoms with Crippen molar-refractivity contribution in [3.05, 3.63) is 48.3 Å². The molecule has 100 valence electrons. The van der Waals surface area contributed by atoms with Crippen LogP contribution in [0.4, 0.5) is 0 Å². The van der Waals surface area contributed by atoms with Crippen LogP contribution in [0.1, 0.15) is 44.2 Å². The first-order chi connectivity index (χ1) is 9.34. The third-order valence-electron chi connectivity index (χ3n) is 4.00. The summed E-state index contributed by atoms with van der Waals surface area (Å²) in [6.45, 7) is 2.25. The molecule has 3 rings (SSSR count). The molecule has 0 saturated heterocycles. The van der Waals surface area contributed by atoms with E-state index in [4.69, 9.17) is 0 Å². The highest BCUT2D eigenvalue weighted by atomic mass is 15.3. The smallest absolute Gasteiger partial charge is 0.0693 e. The lowest BCUT2D eigenvalue weighted by Crippen LogP contribution is -2.29. The number of nitrogens with one attached hydrogen (secondary N) is 1. The van der Waals surface area contributed by atoms with Crippen LogP contribution in [0.2, 0.25) is 0 Å². The molecule has 1 aliphatic carbocycles. The molecular formula is C16H21N3. The zero-order chi connectivity index (χ0) is 13.1. The van der Waals surface area contributed by atoms with Crippen LogP contribution in [-0.2, 0) is 0 Å². The van der Waals surface area contributed by atoms with E-state index in [0.29, 0.717) is 12.1 Å². The maximum Gasteiger partial charge on any atom is 0.0693 e. The quantitative estimate of drug-likeness (QED) is 0.906. The summed E-state index contributed by atoms with van der Waals surface area (Å²) in [6.07, 6.45) is 9.19. The molecule has 0 aliphatic heterocycles. The molecule has 1 heterocycles. The molecule has 1 saturated carbocycles.